The van der Waals surface area contributed by atoms with Gasteiger partial charge >= 0.3 is 0 Å². The number of Topliss-reactive ketones (excluding diaryl/α,β-unsaturated/α-hetero) is 1. The second-order valence-electron chi connectivity index (χ2n) is 9.32. The number of alkyl halides is 2. The number of halogens is 2. The lowest BCUT2D eigenvalue weighted by Gasteiger charge is -2.30. The molecule has 0 spiro atoms. The van der Waals surface area contributed by atoms with E-state index in [0.29, 0.717) is 12.2 Å². The zero-order chi connectivity index (χ0) is 26.6. The number of ketones is 1. The van der Waals surface area contributed by atoms with Gasteiger partial charge in [0.05, 0.1) is 23.9 Å². The molecule has 12 heteroatoms. The highest BCUT2D eigenvalue weighted by atomic mass is 79.9. The second kappa shape index (κ2) is 9.64. The average molecular weight is 635 g/mol. The van der Waals surface area contributed by atoms with E-state index < -0.39 is 46.8 Å². The number of nitro groups is 1. The molecule has 1 aliphatic heterocycles. The van der Waals surface area contributed by atoms with Crippen molar-refractivity contribution in [1.29, 1.82) is 0 Å². The van der Waals surface area contributed by atoms with Crippen LogP contribution in [0.15, 0.2) is 48.5 Å². The third-order valence-electron chi connectivity index (χ3n) is 7.43. The topological polar surface area (TPSA) is 127 Å². The first kappa shape index (κ1) is 25.5. The third-order valence-corrected chi connectivity index (χ3v) is 10.6. The van der Waals surface area contributed by atoms with Crippen molar-refractivity contribution < 1.29 is 28.8 Å². The molecule has 0 radical (unpaired) electrons. The van der Waals surface area contributed by atoms with Gasteiger partial charge in [-0.1, -0.05) is 50.1 Å². The fourth-order valence-corrected chi connectivity index (χ4v) is 7.60. The molecule has 0 unspecified atom stereocenters. The molecule has 2 aromatic carbocycles. The Morgan fingerprint density at radius 2 is 1.62 bits per heavy atom. The van der Waals surface area contributed by atoms with Crippen LogP contribution in [0.25, 0.3) is 0 Å². The lowest BCUT2D eigenvalue weighted by atomic mass is 9.81. The van der Waals surface area contributed by atoms with Crippen molar-refractivity contribution in [3.8, 4) is 5.75 Å². The Hall–Kier alpha value is -3.12. The summed E-state index contributed by atoms with van der Waals surface area (Å²) < 4.78 is 5.17. The van der Waals surface area contributed by atoms with E-state index in [1.54, 1.807) is 12.1 Å². The maximum Gasteiger partial charge on any atom is 0.273 e. The zero-order valence-electron chi connectivity index (χ0n) is 19.5. The Morgan fingerprint density at radius 3 is 2.22 bits per heavy atom. The van der Waals surface area contributed by atoms with Crippen molar-refractivity contribution in [1.82, 2.24) is 10.0 Å². The SMILES string of the molecule is COc1cccc(C(=O)CN(C(=O)c2cccc([N+](=O)[O-])c2)N2C(=O)[C@@H]3[C@H]4C[C@@H]([C@@H](Br)[C@H]4Br)[C@H]3C2=O)c1. The quantitative estimate of drug-likeness (QED) is 0.150. The number of ether oxygens (including phenoxy) is 1. The number of carbonyl (C=O) groups is 4. The van der Waals surface area contributed by atoms with Crippen molar-refractivity contribution in [3.63, 3.8) is 0 Å². The van der Waals surface area contributed by atoms with E-state index in [4.69, 9.17) is 4.74 Å². The minimum atomic E-state index is -0.861. The Bertz CT molecular complexity index is 1300. The van der Waals surface area contributed by atoms with Crippen LogP contribution in [0, 0.1) is 33.8 Å². The van der Waals surface area contributed by atoms with Crippen LogP contribution in [0.5, 0.6) is 5.75 Å². The molecule has 3 amide bonds. The number of benzene rings is 2. The van der Waals surface area contributed by atoms with E-state index in [-0.39, 0.29) is 38.3 Å². The van der Waals surface area contributed by atoms with Crippen LogP contribution in [0.3, 0.4) is 0 Å². The minimum absolute atomic E-state index is 0.00482. The molecule has 5 rings (SSSR count). The lowest BCUT2D eigenvalue weighted by Crippen LogP contribution is -2.52. The van der Waals surface area contributed by atoms with Crippen molar-refractivity contribution in [2.75, 3.05) is 13.7 Å². The van der Waals surface area contributed by atoms with Gasteiger partial charge in [0.1, 0.15) is 12.3 Å². The Balaban J connectivity index is 1.53. The molecule has 6 atom stereocenters. The molecule has 1 saturated heterocycles. The lowest BCUT2D eigenvalue weighted by molar-refractivity contribution is -0.384. The molecule has 3 aliphatic rings. The van der Waals surface area contributed by atoms with E-state index in [9.17, 15) is 29.3 Å². The standard InChI is InChI=1S/C25H21Br2N3O7/c1-37-15-7-3-4-12(9-15)18(31)11-28(23(32)13-5-2-6-14(8-13)30(35)36)29-24(33)19-16-10-17(20(19)25(29)34)22(27)21(16)26/h2-9,16-17,19-22H,10-11H2,1H3/t16-,17-,19-,20-,21-,22+/m1/s1. The minimum Gasteiger partial charge on any atom is -0.497 e. The van der Waals surface area contributed by atoms with Crippen molar-refractivity contribution in [2.45, 2.75) is 16.1 Å². The highest BCUT2D eigenvalue weighted by Crippen LogP contribution is 2.60. The van der Waals surface area contributed by atoms with Gasteiger partial charge in [0.2, 0.25) is 0 Å². The van der Waals surface area contributed by atoms with Gasteiger partial charge in [-0.2, -0.15) is 5.01 Å². The number of imide groups is 1. The van der Waals surface area contributed by atoms with Crippen molar-refractivity contribution >= 4 is 61.1 Å². The molecular weight excluding hydrogens is 614 g/mol. The normalized spacial score (nSPS) is 27.8. The number of rotatable bonds is 7. The fraction of sp³-hybridized carbons (Fsp3) is 0.360. The van der Waals surface area contributed by atoms with Crippen LogP contribution in [0.4, 0.5) is 5.69 Å². The van der Waals surface area contributed by atoms with Gasteiger partial charge in [-0.15, -0.1) is 0 Å². The van der Waals surface area contributed by atoms with Gasteiger partial charge in [0.25, 0.3) is 23.4 Å². The summed E-state index contributed by atoms with van der Waals surface area (Å²) in [6, 6.07) is 11.3. The molecule has 10 nitrogen and oxygen atoms in total. The summed E-state index contributed by atoms with van der Waals surface area (Å²) in [6.45, 7) is -0.615. The number of amides is 3. The van der Waals surface area contributed by atoms with Gasteiger partial charge in [0, 0.05) is 32.9 Å². The summed E-state index contributed by atoms with van der Waals surface area (Å²) in [7, 11) is 1.45. The number of nitrogens with zero attached hydrogens (tertiary/aromatic N) is 3. The molecular formula is C25H21Br2N3O7. The van der Waals surface area contributed by atoms with E-state index in [1.165, 1.54) is 37.4 Å². The predicted molar refractivity (Wildman–Crippen MR) is 137 cm³/mol. The Morgan fingerprint density at radius 1 is 1.03 bits per heavy atom. The highest BCUT2D eigenvalue weighted by Gasteiger charge is 2.67. The molecule has 2 saturated carbocycles. The number of hydrogen-bond acceptors (Lipinski definition) is 7. The Kier molecular flexibility index (Phi) is 6.65. The van der Waals surface area contributed by atoms with Gasteiger partial charge in [0.15, 0.2) is 5.78 Å². The molecule has 2 aliphatic carbocycles. The summed E-state index contributed by atoms with van der Waals surface area (Å²) in [6.07, 6.45) is 0.702. The average Bonchev–Trinajstić information content (AvgIpc) is 3.51. The van der Waals surface area contributed by atoms with E-state index >= 15 is 0 Å². The molecule has 2 bridgehead atoms. The molecule has 3 fully saturated rings. The smallest absolute Gasteiger partial charge is 0.273 e. The number of methoxy groups -OCH3 is 1. The first-order valence-corrected chi connectivity index (χ1v) is 13.4. The summed E-state index contributed by atoms with van der Waals surface area (Å²) in [4.78, 5) is 64.9. The number of carbonyl (C=O) groups excluding carboxylic acids is 4. The van der Waals surface area contributed by atoms with Crippen LogP contribution in [-0.4, -0.2) is 61.8 Å². The zero-order valence-corrected chi connectivity index (χ0v) is 22.6. The number of hydrogen-bond donors (Lipinski definition) is 0. The number of nitro benzene ring substituents is 1. The first-order chi connectivity index (χ1) is 17.6. The molecule has 1 heterocycles. The van der Waals surface area contributed by atoms with Gasteiger partial charge in [-0.05, 0) is 36.5 Å². The van der Waals surface area contributed by atoms with Gasteiger partial charge < -0.3 is 4.74 Å². The number of hydrazine groups is 1. The highest BCUT2D eigenvalue weighted by molar-refractivity contribution is 9.12. The summed E-state index contributed by atoms with van der Waals surface area (Å²) in [5.41, 5.74) is -0.232. The van der Waals surface area contributed by atoms with Gasteiger partial charge in [-0.25, -0.2) is 5.01 Å². The maximum atomic E-state index is 13.7. The summed E-state index contributed by atoms with van der Waals surface area (Å²) in [5.74, 6) is -3.45. The van der Waals surface area contributed by atoms with E-state index in [0.717, 1.165) is 16.1 Å². The largest absolute Gasteiger partial charge is 0.497 e. The van der Waals surface area contributed by atoms with Crippen LogP contribution >= 0.6 is 31.9 Å². The third kappa shape index (κ3) is 4.15. The van der Waals surface area contributed by atoms with Crippen LogP contribution in [0.1, 0.15) is 27.1 Å². The van der Waals surface area contributed by atoms with Crippen molar-refractivity contribution in [3.05, 3.63) is 69.8 Å². The molecule has 192 valence electrons. The monoisotopic (exact) mass is 633 g/mol. The predicted octanol–water partition coefficient (Wildman–Crippen LogP) is 3.62. The number of non-ortho nitro benzene ring substituents is 1. The summed E-state index contributed by atoms with van der Waals surface area (Å²) >= 11 is 7.27. The van der Waals surface area contributed by atoms with Crippen LogP contribution in [-0.2, 0) is 9.59 Å². The second-order valence-corrected chi connectivity index (χ2v) is 11.4. The molecule has 37 heavy (non-hydrogen) atoms. The van der Waals surface area contributed by atoms with Gasteiger partial charge in [-0.3, -0.25) is 29.3 Å². The van der Waals surface area contributed by atoms with Crippen LogP contribution < -0.4 is 4.74 Å². The Labute approximate surface area is 228 Å². The van der Waals surface area contributed by atoms with Crippen molar-refractivity contribution in [2.24, 2.45) is 23.7 Å². The molecule has 2 aromatic rings. The van der Waals surface area contributed by atoms with E-state index in [2.05, 4.69) is 31.9 Å². The summed E-state index contributed by atoms with van der Waals surface area (Å²) in [5, 5.41) is 12.9. The van der Waals surface area contributed by atoms with E-state index in [1.807, 2.05) is 0 Å². The fourth-order valence-electron chi connectivity index (χ4n) is 5.73. The maximum absolute atomic E-state index is 13.7. The molecule has 0 N–H and O–H groups in total. The number of fused-ring (bicyclic) bond motifs is 5. The molecule has 0 aromatic heterocycles. The first-order valence-electron chi connectivity index (χ1n) is 11.5. The van der Waals surface area contributed by atoms with Crippen LogP contribution in [0.2, 0.25) is 0 Å².